The van der Waals surface area contributed by atoms with Gasteiger partial charge in [0.2, 0.25) is 0 Å². The van der Waals surface area contributed by atoms with Gasteiger partial charge in [0.15, 0.2) is 5.69 Å². The Kier molecular flexibility index (Phi) is 4.92. The van der Waals surface area contributed by atoms with E-state index in [1.165, 1.54) is 0 Å². The summed E-state index contributed by atoms with van der Waals surface area (Å²) in [4.78, 5) is 11.1. The van der Waals surface area contributed by atoms with Crippen LogP contribution in [0.25, 0.3) is 0 Å². The third-order valence-electron chi connectivity index (χ3n) is 3.30. The van der Waals surface area contributed by atoms with Crippen LogP contribution in [0.15, 0.2) is 24.3 Å². The molecule has 0 radical (unpaired) electrons. The maximum atomic E-state index is 11.1. The van der Waals surface area contributed by atoms with E-state index in [0.29, 0.717) is 18.7 Å². The number of rotatable bonds is 7. The van der Waals surface area contributed by atoms with Crippen molar-refractivity contribution in [2.45, 2.75) is 32.7 Å². The van der Waals surface area contributed by atoms with E-state index in [0.717, 1.165) is 24.2 Å². The van der Waals surface area contributed by atoms with E-state index >= 15 is 0 Å². The van der Waals surface area contributed by atoms with Crippen LogP contribution < -0.4 is 4.74 Å². The van der Waals surface area contributed by atoms with Crippen molar-refractivity contribution in [2.75, 3.05) is 7.11 Å². The average Bonchev–Trinajstić information content (AvgIpc) is 2.89. The van der Waals surface area contributed by atoms with Crippen LogP contribution in [0.3, 0.4) is 0 Å². The highest BCUT2D eigenvalue weighted by Gasteiger charge is 2.17. The van der Waals surface area contributed by atoms with E-state index in [4.69, 9.17) is 9.84 Å². The molecule has 1 heterocycles. The molecular formula is C15H19N3O3. The van der Waals surface area contributed by atoms with Crippen molar-refractivity contribution in [1.82, 2.24) is 15.0 Å². The molecule has 0 atom stereocenters. The summed E-state index contributed by atoms with van der Waals surface area (Å²) in [7, 11) is 1.63. The number of aryl methyl sites for hydroxylation is 2. The monoisotopic (exact) mass is 289 g/mol. The number of benzene rings is 1. The Hall–Kier alpha value is -2.37. The van der Waals surface area contributed by atoms with Gasteiger partial charge in [0, 0.05) is 6.54 Å². The summed E-state index contributed by atoms with van der Waals surface area (Å²) in [5, 5.41) is 16.9. The first-order valence-corrected chi connectivity index (χ1v) is 6.94. The van der Waals surface area contributed by atoms with E-state index in [-0.39, 0.29) is 5.69 Å². The molecule has 2 rings (SSSR count). The molecule has 112 valence electrons. The predicted molar refractivity (Wildman–Crippen MR) is 77.7 cm³/mol. The Morgan fingerprint density at radius 2 is 2.00 bits per heavy atom. The topological polar surface area (TPSA) is 77.2 Å². The van der Waals surface area contributed by atoms with Gasteiger partial charge in [0.05, 0.1) is 12.8 Å². The van der Waals surface area contributed by atoms with Gasteiger partial charge < -0.3 is 9.84 Å². The Morgan fingerprint density at radius 1 is 1.29 bits per heavy atom. The number of carboxylic acids is 1. The molecule has 0 aliphatic carbocycles. The van der Waals surface area contributed by atoms with Crippen LogP contribution in [0.5, 0.6) is 5.75 Å². The minimum absolute atomic E-state index is 0.0616. The predicted octanol–water partition coefficient (Wildman–Crippen LogP) is 2.18. The third-order valence-corrected chi connectivity index (χ3v) is 3.30. The number of aromatic nitrogens is 3. The van der Waals surface area contributed by atoms with Gasteiger partial charge in [-0.3, -0.25) is 0 Å². The fraction of sp³-hybridized carbons (Fsp3) is 0.400. The Balaban J connectivity index is 2.09. The van der Waals surface area contributed by atoms with Crippen LogP contribution in [-0.4, -0.2) is 33.2 Å². The normalized spacial score (nSPS) is 10.6. The molecular weight excluding hydrogens is 270 g/mol. The van der Waals surface area contributed by atoms with Gasteiger partial charge in [-0.25, -0.2) is 9.48 Å². The summed E-state index contributed by atoms with van der Waals surface area (Å²) in [6.07, 6.45) is 2.29. The summed E-state index contributed by atoms with van der Waals surface area (Å²) in [6.45, 7) is 2.62. The molecule has 1 aromatic heterocycles. The van der Waals surface area contributed by atoms with E-state index in [1.54, 1.807) is 11.8 Å². The average molecular weight is 289 g/mol. The Labute approximate surface area is 123 Å². The molecule has 6 nitrogen and oxygen atoms in total. The lowest BCUT2D eigenvalue weighted by atomic mass is 10.1. The number of nitrogens with zero attached hydrogens (tertiary/aromatic N) is 3. The molecule has 0 saturated heterocycles. The van der Waals surface area contributed by atoms with Gasteiger partial charge in [0.25, 0.3) is 0 Å². The lowest BCUT2D eigenvalue weighted by Gasteiger charge is -2.07. The molecule has 0 amide bonds. The van der Waals surface area contributed by atoms with Crippen molar-refractivity contribution in [3.63, 3.8) is 0 Å². The molecule has 2 aromatic rings. The second-order valence-electron chi connectivity index (χ2n) is 4.76. The van der Waals surface area contributed by atoms with E-state index in [2.05, 4.69) is 10.3 Å². The molecule has 0 fully saturated rings. The first-order valence-electron chi connectivity index (χ1n) is 6.94. The largest absolute Gasteiger partial charge is 0.497 e. The standard InChI is InChI=1S/C15H19N3O3/c1-3-4-13-14(15(19)20)16-17-18(13)10-9-11-5-7-12(21-2)8-6-11/h5-8H,3-4,9-10H2,1-2H3,(H,19,20). The molecule has 1 N–H and O–H groups in total. The summed E-state index contributed by atoms with van der Waals surface area (Å²) >= 11 is 0. The van der Waals surface area contributed by atoms with Crippen LogP contribution in [0.1, 0.15) is 35.1 Å². The third kappa shape index (κ3) is 3.59. The summed E-state index contributed by atoms with van der Waals surface area (Å²) in [5.41, 5.74) is 1.90. The number of aromatic carboxylic acids is 1. The molecule has 1 aromatic carbocycles. The highest BCUT2D eigenvalue weighted by Crippen LogP contribution is 2.14. The second kappa shape index (κ2) is 6.88. The van der Waals surface area contributed by atoms with Crippen LogP contribution in [-0.2, 0) is 19.4 Å². The second-order valence-corrected chi connectivity index (χ2v) is 4.76. The maximum Gasteiger partial charge on any atom is 0.358 e. The van der Waals surface area contributed by atoms with Gasteiger partial charge in [-0.2, -0.15) is 0 Å². The van der Waals surface area contributed by atoms with Gasteiger partial charge in [-0.05, 0) is 30.5 Å². The van der Waals surface area contributed by atoms with Gasteiger partial charge in [-0.15, -0.1) is 5.10 Å². The van der Waals surface area contributed by atoms with Crippen molar-refractivity contribution in [3.8, 4) is 5.75 Å². The molecule has 0 spiro atoms. The number of carbonyl (C=O) groups is 1. The quantitative estimate of drug-likeness (QED) is 0.845. The van der Waals surface area contributed by atoms with Gasteiger partial charge in [0.1, 0.15) is 5.75 Å². The number of methoxy groups -OCH3 is 1. The molecule has 0 aliphatic rings. The Bertz CT molecular complexity index is 605. The highest BCUT2D eigenvalue weighted by atomic mass is 16.5. The maximum absolute atomic E-state index is 11.1. The van der Waals surface area contributed by atoms with E-state index in [1.807, 2.05) is 31.2 Å². The Morgan fingerprint density at radius 3 is 2.57 bits per heavy atom. The van der Waals surface area contributed by atoms with Crippen molar-refractivity contribution in [1.29, 1.82) is 0 Å². The molecule has 0 bridgehead atoms. The van der Waals surface area contributed by atoms with Gasteiger partial charge >= 0.3 is 5.97 Å². The van der Waals surface area contributed by atoms with Crippen molar-refractivity contribution >= 4 is 5.97 Å². The van der Waals surface area contributed by atoms with Crippen molar-refractivity contribution in [3.05, 3.63) is 41.2 Å². The number of ether oxygens (including phenoxy) is 1. The SMILES string of the molecule is CCCc1c(C(=O)O)nnn1CCc1ccc(OC)cc1. The van der Waals surface area contributed by atoms with Crippen LogP contribution >= 0.6 is 0 Å². The van der Waals surface area contributed by atoms with Crippen LogP contribution in [0, 0.1) is 0 Å². The lowest BCUT2D eigenvalue weighted by molar-refractivity contribution is 0.0689. The lowest BCUT2D eigenvalue weighted by Crippen LogP contribution is -2.10. The smallest absolute Gasteiger partial charge is 0.358 e. The number of hydrogen-bond acceptors (Lipinski definition) is 4. The molecule has 6 heteroatoms. The molecule has 0 aliphatic heterocycles. The zero-order valence-electron chi connectivity index (χ0n) is 12.2. The number of hydrogen-bond donors (Lipinski definition) is 1. The summed E-state index contributed by atoms with van der Waals surface area (Å²) < 4.78 is 6.81. The first kappa shape index (κ1) is 15.0. The summed E-state index contributed by atoms with van der Waals surface area (Å²) in [5.74, 6) is -0.200. The van der Waals surface area contributed by atoms with E-state index < -0.39 is 5.97 Å². The molecule has 21 heavy (non-hydrogen) atoms. The highest BCUT2D eigenvalue weighted by molar-refractivity contribution is 5.86. The minimum atomic E-state index is -1.02. The van der Waals surface area contributed by atoms with Crippen molar-refractivity contribution in [2.24, 2.45) is 0 Å². The minimum Gasteiger partial charge on any atom is -0.497 e. The van der Waals surface area contributed by atoms with Gasteiger partial charge in [-0.1, -0.05) is 30.7 Å². The number of carboxylic acid groups (broad SMARTS) is 1. The first-order chi connectivity index (χ1) is 10.2. The molecule has 0 unspecified atom stereocenters. The van der Waals surface area contributed by atoms with Crippen LogP contribution in [0.4, 0.5) is 0 Å². The molecule has 0 saturated carbocycles. The fourth-order valence-corrected chi connectivity index (χ4v) is 2.19. The fourth-order valence-electron chi connectivity index (χ4n) is 2.19. The van der Waals surface area contributed by atoms with E-state index in [9.17, 15) is 4.79 Å². The zero-order chi connectivity index (χ0) is 15.2. The summed E-state index contributed by atoms with van der Waals surface area (Å²) in [6, 6.07) is 7.80. The van der Waals surface area contributed by atoms with Crippen LogP contribution in [0.2, 0.25) is 0 Å². The zero-order valence-corrected chi connectivity index (χ0v) is 12.2. The van der Waals surface area contributed by atoms with Crippen molar-refractivity contribution < 1.29 is 14.6 Å².